The molecule has 0 spiro atoms. The third kappa shape index (κ3) is 6.26. The second-order valence-electron chi connectivity index (χ2n) is 8.69. The molecule has 1 aromatic rings. The molecular weight excluding hydrogens is 390 g/mol. The first-order valence-electron chi connectivity index (χ1n) is 11.9. The first-order valence-corrected chi connectivity index (χ1v) is 11.9. The molecule has 0 radical (unpaired) electrons. The topological polar surface area (TPSA) is 61.4 Å². The number of guanidine groups is 1. The van der Waals surface area contributed by atoms with Crippen LogP contribution in [0.15, 0.2) is 23.2 Å². The smallest absolute Gasteiger partial charge is 0.195 e. The Morgan fingerprint density at radius 3 is 2.45 bits per heavy atom. The molecule has 31 heavy (non-hydrogen) atoms. The largest absolute Gasteiger partial charge is 0.493 e. The Hall–Kier alpha value is -1.99. The van der Waals surface area contributed by atoms with Gasteiger partial charge in [0.05, 0.1) is 20.3 Å². The maximum atomic E-state index is 5.73. The molecule has 7 nitrogen and oxygen atoms in total. The molecule has 2 N–H and O–H groups in total. The minimum absolute atomic E-state index is 0.172. The van der Waals surface area contributed by atoms with E-state index in [1.54, 1.807) is 7.11 Å². The van der Waals surface area contributed by atoms with Crippen LogP contribution < -0.4 is 20.1 Å². The lowest BCUT2D eigenvalue weighted by molar-refractivity contribution is 0.0208. The fraction of sp³-hybridized carbons (Fsp3) is 0.708. The predicted octanol–water partition coefficient (Wildman–Crippen LogP) is 3.42. The second kappa shape index (κ2) is 11.6. The number of ether oxygens (including phenoxy) is 2. The summed E-state index contributed by atoms with van der Waals surface area (Å²) in [6.45, 7) is 11.0. The van der Waals surface area contributed by atoms with Gasteiger partial charge in [-0.25, -0.2) is 0 Å². The Balaban J connectivity index is 1.77. The SMILES string of the molecule is CCNC(=NCC1(N2CCCCC2)CCN(C)CC1)Nc1ccc(OC)c(OCC)c1. The van der Waals surface area contributed by atoms with Crippen LogP contribution in [0, 0.1) is 0 Å². The summed E-state index contributed by atoms with van der Waals surface area (Å²) in [4.78, 5) is 10.3. The van der Waals surface area contributed by atoms with E-state index in [1.807, 2.05) is 25.1 Å². The highest BCUT2D eigenvalue weighted by atomic mass is 16.5. The molecule has 0 aliphatic carbocycles. The molecular formula is C24H41N5O2. The molecule has 0 saturated carbocycles. The molecule has 2 saturated heterocycles. The lowest BCUT2D eigenvalue weighted by atomic mass is 9.84. The number of benzene rings is 1. The average Bonchev–Trinajstić information content (AvgIpc) is 2.80. The third-order valence-corrected chi connectivity index (χ3v) is 6.55. The molecule has 0 unspecified atom stereocenters. The molecule has 2 heterocycles. The lowest BCUT2D eigenvalue weighted by Gasteiger charge is -2.49. The Kier molecular flexibility index (Phi) is 8.84. The van der Waals surface area contributed by atoms with Crippen LogP contribution in [0.2, 0.25) is 0 Å². The average molecular weight is 432 g/mol. The quantitative estimate of drug-likeness (QED) is 0.486. The number of hydrogen-bond acceptors (Lipinski definition) is 5. The molecule has 7 heteroatoms. The number of anilines is 1. The van der Waals surface area contributed by atoms with Crippen molar-refractivity contribution in [1.29, 1.82) is 0 Å². The summed E-state index contributed by atoms with van der Waals surface area (Å²) >= 11 is 0. The van der Waals surface area contributed by atoms with Crippen LogP contribution >= 0.6 is 0 Å². The van der Waals surface area contributed by atoms with Gasteiger partial charge in [0.15, 0.2) is 17.5 Å². The van der Waals surface area contributed by atoms with Crippen LogP contribution in [0.3, 0.4) is 0 Å². The summed E-state index contributed by atoms with van der Waals surface area (Å²) in [5, 5.41) is 6.89. The summed E-state index contributed by atoms with van der Waals surface area (Å²) in [6.07, 6.45) is 6.35. The highest BCUT2D eigenvalue weighted by Crippen LogP contribution is 2.32. The van der Waals surface area contributed by atoms with Gasteiger partial charge in [0.2, 0.25) is 0 Å². The van der Waals surface area contributed by atoms with Crippen molar-refractivity contribution < 1.29 is 9.47 Å². The zero-order valence-corrected chi connectivity index (χ0v) is 19.9. The van der Waals surface area contributed by atoms with E-state index in [0.29, 0.717) is 6.61 Å². The Morgan fingerprint density at radius 1 is 1.06 bits per heavy atom. The van der Waals surface area contributed by atoms with Crippen LogP contribution in [0.5, 0.6) is 11.5 Å². The Labute approximate surface area is 188 Å². The zero-order chi connectivity index (χ0) is 22.1. The van der Waals surface area contributed by atoms with Crippen molar-refractivity contribution in [3.05, 3.63) is 18.2 Å². The van der Waals surface area contributed by atoms with Crippen molar-refractivity contribution >= 4 is 11.6 Å². The van der Waals surface area contributed by atoms with Gasteiger partial charge in [-0.05, 0) is 84.9 Å². The van der Waals surface area contributed by atoms with E-state index < -0.39 is 0 Å². The van der Waals surface area contributed by atoms with Gasteiger partial charge >= 0.3 is 0 Å². The van der Waals surface area contributed by atoms with Gasteiger partial charge in [0.1, 0.15) is 0 Å². The summed E-state index contributed by atoms with van der Waals surface area (Å²) in [7, 11) is 3.90. The zero-order valence-electron chi connectivity index (χ0n) is 19.9. The molecule has 1 aromatic carbocycles. The lowest BCUT2D eigenvalue weighted by Crippen LogP contribution is -2.58. The van der Waals surface area contributed by atoms with Crippen LogP contribution in [0.1, 0.15) is 46.0 Å². The number of aliphatic imine (C=N–C) groups is 1. The van der Waals surface area contributed by atoms with Gasteiger partial charge in [-0.15, -0.1) is 0 Å². The van der Waals surface area contributed by atoms with Crippen molar-refractivity contribution in [1.82, 2.24) is 15.1 Å². The van der Waals surface area contributed by atoms with Crippen LogP contribution in [0.25, 0.3) is 0 Å². The number of nitrogens with zero attached hydrogens (tertiary/aromatic N) is 3. The Morgan fingerprint density at radius 2 is 1.81 bits per heavy atom. The van der Waals surface area contributed by atoms with E-state index in [9.17, 15) is 0 Å². The molecule has 0 atom stereocenters. The Bertz CT molecular complexity index is 710. The predicted molar refractivity (Wildman–Crippen MR) is 129 cm³/mol. The number of rotatable bonds is 8. The first-order chi connectivity index (χ1) is 15.1. The maximum Gasteiger partial charge on any atom is 0.195 e. The van der Waals surface area contributed by atoms with Crippen molar-refractivity contribution in [2.45, 2.75) is 51.5 Å². The molecule has 2 aliphatic rings. The normalized spacial score (nSPS) is 20.3. The van der Waals surface area contributed by atoms with Crippen LogP contribution in [-0.2, 0) is 0 Å². The molecule has 0 bridgehead atoms. The van der Waals surface area contributed by atoms with Gasteiger partial charge in [-0.3, -0.25) is 9.89 Å². The highest BCUT2D eigenvalue weighted by Gasteiger charge is 2.39. The number of hydrogen-bond donors (Lipinski definition) is 2. The monoisotopic (exact) mass is 431 g/mol. The number of likely N-dealkylation sites (tertiary alicyclic amines) is 2. The summed E-state index contributed by atoms with van der Waals surface area (Å²) in [6, 6.07) is 5.92. The summed E-state index contributed by atoms with van der Waals surface area (Å²) in [5.41, 5.74) is 1.12. The summed E-state index contributed by atoms with van der Waals surface area (Å²) < 4.78 is 11.1. The van der Waals surface area contributed by atoms with Gasteiger partial charge in [0.25, 0.3) is 0 Å². The minimum Gasteiger partial charge on any atom is -0.493 e. The molecule has 2 fully saturated rings. The van der Waals surface area contributed by atoms with Gasteiger partial charge in [-0.1, -0.05) is 6.42 Å². The van der Waals surface area contributed by atoms with Crippen LogP contribution in [0.4, 0.5) is 5.69 Å². The van der Waals surface area contributed by atoms with E-state index in [1.165, 1.54) is 45.2 Å². The third-order valence-electron chi connectivity index (χ3n) is 6.55. The van der Waals surface area contributed by atoms with Crippen LogP contribution in [-0.4, -0.2) is 81.3 Å². The molecule has 0 aromatic heterocycles. The molecule has 3 rings (SSSR count). The molecule has 174 valence electrons. The first kappa shape index (κ1) is 23.7. The van der Waals surface area contributed by atoms with E-state index in [2.05, 4.69) is 34.4 Å². The van der Waals surface area contributed by atoms with Crippen molar-refractivity contribution in [3.8, 4) is 11.5 Å². The number of piperidine rings is 2. The van der Waals surface area contributed by atoms with Gasteiger partial charge in [0, 0.05) is 23.8 Å². The number of nitrogens with one attached hydrogen (secondary N) is 2. The van der Waals surface area contributed by atoms with Crippen molar-refractivity contribution in [2.24, 2.45) is 4.99 Å². The summed E-state index contributed by atoms with van der Waals surface area (Å²) in [5.74, 6) is 2.31. The maximum absolute atomic E-state index is 5.73. The minimum atomic E-state index is 0.172. The van der Waals surface area contributed by atoms with E-state index >= 15 is 0 Å². The van der Waals surface area contributed by atoms with E-state index in [-0.39, 0.29) is 5.54 Å². The van der Waals surface area contributed by atoms with Gasteiger partial charge in [-0.2, -0.15) is 0 Å². The standard InChI is InChI=1S/C24H41N5O2/c1-5-25-23(27-20-10-11-21(30-4)22(18-20)31-6-2)26-19-24(12-16-28(3)17-13-24)29-14-8-7-9-15-29/h10-11,18H,5-9,12-17,19H2,1-4H3,(H2,25,26,27). The molecule has 0 amide bonds. The van der Waals surface area contributed by atoms with Crippen molar-refractivity contribution in [2.75, 3.05) is 65.3 Å². The second-order valence-corrected chi connectivity index (χ2v) is 8.69. The number of methoxy groups -OCH3 is 1. The fourth-order valence-electron chi connectivity index (χ4n) is 4.67. The van der Waals surface area contributed by atoms with E-state index in [0.717, 1.165) is 49.3 Å². The van der Waals surface area contributed by atoms with E-state index in [4.69, 9.17) is 14.5 Å². The molecule has 2 aliphatic heterocycles. The van der Waals surface area contributed by atoms with Crippen molar-refractivity contribution in [3.63, 3.8) is 0 Å². The highest BCUT2D eigenvalue weighted by molar-refractivity contribution is 5.94. The van der Waals surface area contributed by atoms with Gasteiger partial charge < -0.3 is 25.0 Å². The fourth-order valence-corrected chi connectivity index (χ4v) is 4.67.